The van der Waals surface area contributed by atoms with Gasteiger partial charge in [-0.1, -0.05) is 5.57 Å². The first kappa shape index (κ1) is 11.9. The number of nitrogen functional groups attached to an aromatic ring is 1. The number of aromatic nitrogens is 2. The van der Waals surface area contributed by atoms with E-state index >= 15 is 0 Å². The largest absolute Gasteiger partial charge is 0.472 e. The van der Waals surface area contributed by atoms with E-state index in [1.807, 2.05) is 6.92 Å². The highest BCUT2D eigenvalue weighted by Gasteiger charge is 2.22. The molecule has 1 heterocycles. The first-order valence-corrected chi connectivity index (χ1v) is 4.54. The van der Waals surface area contributed by atoms with Gasteiger partial charge in [-0.25, -0.2) is 4.98 Å². The molecule has 86 valence electrons. The van der Waals surface area contributed by atoms with Gasteiger partial charge in [0, 0.05) is 6.42 Å². The van der Waals surface area contributed by atoms with Gasteiger partial charge in [0.05, 0.1) is 11.5 Å². The number of hydrogen-bond donors (Lipinski definition) is 1. The molecule has 0 aliphatic rings. The Balaban J connectivity index is 2.83. The number of nitrogens with two attached hydrogens (primary N) is 1. The van der Waals surface area contributed by atoms with Gasteiger partial charge < -0.3 is 10.5 Å². The van der Waals surface area contributed by atoms with Gasteiger partial charge in [-0.3, -0.25) is 10.1 Å². The third-order valence-corrected chi connectivity index (χ3v) is 1.77. The van der Waals surface area contributed by atoms with Crippen molar-refractivity contribution in [3.8, 4) is 5.88 Å². The monoisotopic (exact) mass is 224 g/mol. The van der Waals surface area contributed by atoms with Crippen molar-refractivity contribution in [2.75, 3.05) is 12.3 Å². The Bertz CT molecular complexity index is 419. The summed E-state index contributed by atoms with van der Waals surface area (Å²) in [6.45, 7) is 5.80. The second-order valence-corrected chi connectivity index (χ2v) is 3.23. The Hall–Kier alpha value is -2.18. The number of anilines is 1. The van der Waals surface area contributed by atoms with E-state index in [0.29, 0.717) is 6.42 Å². The van der Waals surface area contributed by atoms with E-state index in [2.05, 4.69) is 16.5 Å². The van der Waals surface area contributed by atoms with Crippen molar-refractivity contribution in [2.45, 2.75) is 13.3 Å². The van der Waals surface area contributed by atoms with Crippen LogP contribution in [-0.2, 0) is 0 Å². The third kappa shape index (κ3) is 2.91. The lowest BCUT2D eigenvalue weighted by Crippen LogP contribution is -2.06. The maximum Gasteiger partial charge on any atom is 0.372 e. The highest BCUT2D eigenvalue weighted by molar-refractivity contribution is 5.57. The topological polar surface area (TPSA) is 104 Å². The minimum Gasteiger partial charge on any atom is -0.472 e. The lowest BCUT2D eigenvalue weighted by Gasteiger charge is -2.05. The van der Waals surface area contributed by atoms with Gasteiger partial charge in [-0.05, 0) is 6.92 Å². The fourth-order valence-corrected chi connectivity index (χ4v) is 0.975. The minimum atomic E-state index is -0.661. The molecule has 1 rings (SSSR count). The number of nitrogens with zero attached hydrogens (tertiary/aromatic N) is 3. The summed E-state index contributed by atoms with van der Waals surface area (Å²) in [5.41, 5.74) is 5.89. The van der Waals surface area contributed by atoms with Crippen LogP contribution in [0.3, 0.4) is 0 Å². The first-order valence-electron chi connectivity index (χ1n) is 4.54. The van der Waals surface area contributed by atoms with Crippen molar-refractivity contribution in [3.05, 3.63) is 28.6 Å². The Morgan fingerprint density at radius 1 is 1.69 bits per heavy atom. The van der Waals surface area contributed by atoms with Crippen LogP contribution >= 0.6 is 0 Å². The van der Waals surface area contributed by atoms with E-state index < -0.39 is 10.6 Å². The van der Waals surface area contributed by atoms with Crippen LogP contribution in [0, 0.1) is 10.1 Å². The normalized spacial score (nSPS) is 9.81. The van der Waals surface area contributed by atoms with E-state index in [9.17, 15) is 10.1 Å². The van der Waals surface area contributed by atoms with Crippen LogP contribution in [0.5, 0.6) is 5.88 Å². The first-order chi connectivity index (χ1) is 7.52. The number of hydrogen-bond acceptors (Lipinski definition) is 6. The molecule has 7 nitrogen and oxygen atoms in total. The van der Waals surface area contributed by atoms with Crippen LogP contribution in [0.2, 0.25) is 0 Å². The maximum absolute atomic E-state index is 10.7. The van der Waals surface area contributed by atoms with Gasteiger partial charge in [0.25, 0.3) is 5.88 Å². The molecule has 7 heteroatoms. The Labute approximate surface area is 92.1 Å². The molecule has 0 atom stereocenters. The fraction of sp³-hybridized carbons (Fsp3) is 0.333. The summed E-state index contributed by atoms with van der Waals surface area (Å²) in [5, 5.41) is 10.7. The molecule has 0 bridgehead atoms. The second-order valence-electron chi connectivity index (χ2n) is 3.23. The van der Waals surface area contributed by atoms with Crippen LogP contribution in [-0.4, -0.2) is 21.5 Å². The molecule has 0 aliphatic carbocycles. The van der Waals surface area contributed by atoms with Crippen LogP contribution in [0.1, 0.15) is 13.3 Å². The van der Waals surface area contributed by atoms with Gasteiger partial charge in [0.15, 0.2) is 0 Å². The molecule has 0 saturated carbocycles. The van der Waals surface area contributed by atoms with Crippen LogP contribution < -0.4 is 10.5 Å². The quantitative estimate of drug-likeness (QED) is 0.459. The van der Waals surface area contributed by atoms with Crippen molar-refractivity contribution in [1.82, 2.24) is 9.97 Å². The molecule has 0 radical (unpaired) electrons. The van der Waals surface area contributed by atoms with Crippen LogP contribution in [0.15, 0.2) is 18.5 Å². The summed E-state index contributed by atoms with van der Waals surface area (Å²) in [6.07, 6.45) is 1.72. The molecule has 1 aromatic rings. The summed E-state index contributed by atoms with van der Waals surface area (Å²) in [6, 6.07) is 0. The molecule has 0 aromatic carbocycles. The molecule has 0 unspecified atom stereocenters. The lowest BCUT2D eigenvalue weighted by molar-refractivity contribution is -0.385. The molecular weight excluding hydrogens is 212 g/mol. The zero-order valence-corrected chi connectivity index (χ0v) is 8.84. The SMILES string of the molecule is C=C(C)CCOc1ncnc(N)c1[N+](=O)[O-]. The second kappa shape index (κ2) is 5.06. The summed E-state index contributed by atoms with van der Waals surface area (Å²) >= 11 is 0. The fourth-order valence-electron chi connectivity index (χ4n) is 0.975. The van der Waals surface area contributed by atoms with Gasteiger partial charge in [-0.15, -0.1) is 6.58 Å². The van der Waals surface area contributed by atoms with Gasteiger partial charge in [-0.2, -0.15) is 4.98 Å². The number of rotatable bonds is 5. The molecule has 0 spiro atoms. The summed E-state index contributed by atoms with van der Waals surface area (Å²) in [4.78, 5) is 17.2. The zero-order valence-electron chi connectivity index (χ0n) is 8.84. The van der Waals surface area contributed by atoms with E-state index in [-0.39, 0.29) is 18.3 Å². The van der Waals surface area contributed by atoms with Crippen LogP contribution in [0.25, 0.3) is 0 Å². The summed E-state index contributed by atoms with van der Waals surface area (Å²) in [7, 11) is 0. The molecule has 0 fully saturated rings. The predicted octanol–water partition coefficient (Wildman–Crippen LogP) is 1.31. The van der Waals surface area contributed by atoms with E-state index in [4.69, 9.17) is 10.5 Å². The van der Waals surface area contributed by atoms with Crippen molar-refractivity contribution in [3.63, 3.8) is 0 Å². The zero-order chi connectivity index (χ0) is 12.1. The summed E-state index contributed by atoms with van der Waals surface area (Å²) in [5.74, 6) is -0.316. The predicted molar refractivity (Wildman–Crippen MR) is 58.0 cm³/mol. The lowest BCUT2D eigenvalue weighted by atomic mass is 10.3. The van der Waals surface area contributed by atoms with Gasteiger partial charge in [0.2, 0.25) is 5.82 Å². The van der Waals surface area contributed by atoms with Crippen molar-refractivity contribution in [2.24, 2.45) is 0 Å². The third-order valence-electron chi connectivity index (χ3n) is 1.77. The van der Waals surface area contributed by atoms with Gasteiger partial charge >= 0.3 is 5.69 Å². The van der Waals surface area contributed by atoms with Crippen molar-refractivity contribution < 1.29 is 9.66 Å². The van der Waals surface area contributed by atoms with Crippen LogP contribution in [0.4, 0.5) is 11.5 Å². The minimum absolute atomic E-state index is 0.112. The molecule has 0 saturated heterocycles. The molecular formula is C9H12N4O3. The standard InChI is InChI=1S/C9H12N4O3/c1-6(2)3-4-16-9-7(13(14)15)8(10)11-5-12-9/h5H,1,3-4H2,2H3,(H2,10,11,12). The highest BCUT2D eigenvalue weighted by Crippen LogP contribution is 2.28. The average molecular weight is 224 g/mol. The number of nitro groups is 1. The molecule has 0 aliphatic heterocycles. The molecule has 2 N–H and O–H groups in total. The van der Waals surface area contributed by atoms with Crippen molar-refractivity contribution in [1.29, 1.82) is 0 Å². The Morgan fingerprint density at radius 2 is 2.38 bits per heavy atom. The molecule has 1 aromatic heterocycles. The molecule has 0 amide bonds. The smallest absolute Gasteiger partial charge is 0.372 e. The van der Waals surface area contributed by atoms with E-state index in [0.717, 1.165) is 11.9 Å². The molecule has 16 heavy (non-hydrogen) atoms. The Kier molecular flexibility index (Phi) is 3.76. The number of ether oxygens (including phenoxy) is 1. The van der Waals surface area contributed by atoms with E-state index in [1.54, 1.807) is 0 Å². The highest BCUT2D eigenvalue weighted by atomic mass is 16.6. The van der Waals surface area contributed by atoms with E-state index in [1.165, 1.54) is 0 Å². The Morgan fingerprint density at radius 3 is 2.94 bits per heavy atom. The average Bonchev–Trinajstić information content (AvgIpc) is 2.16. The summed E-state index contributed by atoms with van der Waals surface area (Å²) < 4.78 is 5.16. The van der Waals surface area contributed by atoms with Crippen molar-refractivity contribution >= 4 is 11.5 Å². The maximum atomic E-state index is 10.7. The van der Waals surface area contributed by atoms with Gasteiger partial charge in [0.1, 0.15) is 6.33 Å².